The first-order valence-corrected chi connectivity index (χ1v) is 7.44. The molecule has 5 nitrogen and oxygen atoms in total. The second-order valence-electron chi connectivity index (χ2n) is 4.70. The number of nitrogens with one attached hydrogen (secondary N) is 1. The van der Waals surface area contributed by atoms with Crippen molar-refractivity contribution in [3.63, 3.8) is 0 Å². The van der Waals surface area contributed by atoms with Gasteiger partial charge in [-0.3, -0.25) is 9.59 Å². The number of primary amides is 1. The fraction of sp³-hybridized carbons (Fsp3) is 0.125. The number of carbonyl (C=O) groups excluding carboxylic acids is 2. The van der Waals surface area contributed by atoms with Crippen molar-refractivity contribution in [3.8, 4) is 5.75 Å². The minimum Gasteiger partial charge on any atom is -0.482 e. The van der Waals surface area contributed by atoms with Gasteiger partial charge in [0.25, 0.3) is 5.91 Å². The van der Waals surface area contributed by atoms with Crippen LogP contribution in [-0.4, -0.2) is 18.4 Å². The molecule has 0 heterocycles. The number of ether oxygens (including phenoxy) is 1. The molecule has 0 saturated carbocycles. The van der Waals surface area contributed by atoms with Crippen molar-refractivity contribution in [3.05, 3.63) is 63.6 Å². The van der Waals surface area contributed by atoms with Crippen molar-refractivity contribution in [2.75, 3.05) is 6.61 Å². The summed E-state index contributed by atoms with van der Waals surface area (Å²) in [6.45, 7) is 0.129. The summed E-state index contributed by atoms with van der Waals surface area (Å²) in [6, 6.07) is 11.4. The van der Waals surface area contributed by atoms with Gasteiger partial charge in [-0.1, -0.05) is 35.3 Å². The maximum Gasteiger partial charge on any atom is 0.258 e. The zero-order chi connectivity index (χ0) is 16.8. The number of rotatable bonds is 6. The molecule has 3 N–H and O–H groups in total. The van der Waals surface area contributed by atoms with Crippen LogP contribution in [0.5, 0.6) is 5.75 Å². The highest BCUT2D eigenvalue weighted by Gasteiger charge is 2.07. The summed E-state index contributed by atoms with van der Waals surface area (Å²) < 4.78 is 5.33. The number of nitrogens with two attached hydrogens (primary N) is 1. The lowest BCUT2D eigenvalue weighted by atomic mass is 10.1. The molecule has 2 aromatic rings. The van der Waals surface area contributed by atoms with Crippen LogP contribution >= 0.6 is 23.2 Å². The monoisotopic (exact) mass is 352 g/mol. The minimum absolute atomic E-state index is 0.181. The molecule has 0 spiro atoms. The second-order valence-corrected chi connectivity index (χ2v) is 5.54. The van der Waals surface area contributed by atoms with Crippen molar-refractivity contribution in [1.29, 1.82) is 0 Å². The average Bonchev–Trinajstić information content (AvgIpc) is 2.54. The van der Waals surface area contributed by atoms with Crippen LogP contribution in [0.4, 0.5) is 0 Å². The molecule has 0 radical (unpaired) electrons. The van der Waals surface area contributed by atoms with Crippen molar-refractivity contribution < 1.29 is 14.3 Å². The summed E-state index contributed by atoms with van der Waals surface area (Å²) in [5.74, 6) is -0.451. The fourth-order valence-corrected chi connectivity index (χ4v) is 2.10. The van der Waals surface area contributed by atoms with E-state index in [1.165, 1.54) is 0 Å². The summed E-state index contributed by atoms with van der Waals surface area (Å²) in [5, 5.41) is 3.55. The van der Waals surface area contributed by atoms with Gasteiger partial charge in [0.15, 0.2) is 6.61 Å². The van der Waals surface area contributed by atoms with Crippen LogP contribution in [0.15, 0.2) is 42.5 Å². The molecule has 2 aromatic carbocycles. The number of benzene rings is 2. The van der Waals surface area contributed by atoms with Crippen LogP contribution in [0, 0.1) is 0 Å². The van der Waals surface area contributed by atoms with Gasteiger partial charge >= 0.3 is 0 Å². The van der Waals surface area contributed by atoms with E-state index in [0.29, 0.717) is 27.9 Å². The van der Waals surface area contributed by atoms with Gasteiger partial charge in [0.05, 0.1) is 5.02 Å². The third-order valence-corrected chi connectivity index (χ3v) is 3.53. The molecular weight excluding hydrogens is 339 g/mol. The minimum atomic E-state index is -0.493. The lowest BCUT2D eigenvalue weighted by molar-refractivity contribution is -0.123. The smallest absolute Gasteiger partial charge is 0.258 e. The van der Waals surface area contributed by atoms with E-state index in [9.17, 15) is 9.59 Å². The van der Waals surface area contributed by atoms with E-state index >= 15 is 0 Å². The molecule has 0 unspecified atom stereocenters. The molecule has 0 fully saturated rings. The van der Waals surface area contributed by atoms with Crippen LogP contribution in [0.1, 0.15) is 15.9 Å². The Hall–Kier alpha value is -2.24. The van der Waals surface area contributed by atoms with Crippen LogP contribution in [0.3, 0.4) is 0 Å². The largest absolute Gasteiger partial charge is 0.482 e. The number of amides is 2. The summed E-state index contributed by atoms with van der Waals surface area (Å²) in [4.78, 5) is 22.7. The van der Waals surface area contributed by atoms with Crippen molar-refractivity contribution >= 4 is 35.0 Å². The molecule has 0 saturated heterocycles. The second kappa shape index (κ2) is 7.85. The predicted octanol–water partition coefficient (Wildman–Crippen LogP) is 2.79. The molecule has 0 aromatic heterocycles. The Bertz CT molecular complexity index is 718. The van der Waals surface area contributed by atoms with E-state index in [1.807, 2.05) is 0 Å². The average molecular weight is 353 g/mol. The highest BCUT2D eigenvalue weighted by Crippen LogP contribution is 2.27. The molecule has 120 valence electrons. The Morgan fingerprint density at radius 1 is 1.09 bits per heavy atom. The molecule has 2 rings (SSSR count). The molecule has 0 aliphatic heterocycles. The molecule has 0 aliphatic carbocycles. The highest BCUT2D eigenvalue weighted by molar-refractivity contribution is 6.34. The third-order valence-electron chi connectivity index (χ3n) is 2.98. The zero-order valence-corrected chi connectivity index (χ0v) is 13.5. The lowest BCUT2D eigenvalue weighted by Gasteiger charge is -2.09. The molecule has 23 heavy (non-hydrogen) atoms. The fourth-order valence-electron chi connectivity index (χ4n) is 1.77. The normalized spacial score (nSPS) is 10.2. The van der Waals surface area contributed by atoms with E-state index in [2.05, 4.69) is 5.32 Å². The van der Waals surface area contributed by atoms with Gasteiger partial charge in [-0.25, -0.2) is 0 Å². The Balaban J connectivity index is 1.83. The van der Waals surface area contributed by atoms with E-state index in [4.69, 9.17) is 33.7 Å². The quantitative estimate of drug-likeness (QED) is 0.838. The Morgan fingerprint density at radius 3 is 2.43 bits per heavy atom. The number of hydrogen-bond donors (Lipinski definition) is 2. The van der Waals surface area contributed by atoms with Crippen molar-refractivity contribution in [2.45, 2.75) is 6.54 Å². The first kappa shape index (κ1) is 17.1. The van der Waals surface area contributed by atoms with Crippen molar-refractivity contribution in [2.24, 2.45) is 5.73 Å². The van der Waals surface area contributed by atoms with Crippen molar-refractivity contribution in [1.82, 2.24) is 5.32 Å². The summed E-state index contributed by atoms with van der Waals surface area (Å²) in [5.41, 5.74) is 6.41. The zero-order valence-electron chi connectivity index (χ0n) is 12.0. The van der Waals surface area contributed by atoms with Gasteiger partial charge in [-0.2, -0.15) is 0 Å². The van der Waals surface area contributed by atoms with Crippen LogP contribution in [0.25, 0.3) is 0 Å². The van der Waals surface area contributed by atoms with Gasteiger partial charge in [-0.15, -0.1) is 0 Å². The lowest BCUT2D eigenvalue weighted by Crippen LogP contribution is -2.28. The van der Waals surface area contributed by atoms with Gasteiger partial charge in [0, 0.05) is 23.2 Å². The standard InChI is InChI=1S/C16H14Cl2N2O3/c17-12-5-6-13(18)14(7-12)23-9-15(21)20-8-10-1-3-11(4-2-10)16(19)22/h1-7H,8-9H2,(H2,19,22)(H,20,21). The topological polar surface area (TPSA) is 81.4 Å². The Labute approximate surface area is 143 Å². The first-order valence-electron chi connectivity index (χ1n) is 6.69. The summed E-state index contributed by atoms with van der Waals surface area (Å²) in [7, 11) is 0. The molecule has 2 amide bonds. The van der Waals surface area contributed by atoms with Gasteiger partial charge < -0.3 is 15.8 Å². The van der Waals surface area contributed by atoms with Gasteiger partial charge in [-0.05, 0) is 29.8 Å². The van der Waals surface area contributed by atoms with Gasteiger partial charge in [0.1, 0.15) is 5.75 Å². The van der Waals surface area contributed by atoms with E-state index < -0.39 is 5.91 Å². The third kappa shape index (κ3) is 5.16. The van der Waals surface area contributed by atoms with Crippen LogP contribution in [0.2, 0.25) is 10.0 Å². The van der Waals surface area contributed by atoms with Gasteiger partial charge in [0.2, 0.25) is 5.91 Å². The van der Waals surface area contributed by atoms with Crippen LogP contribution < -0.4 is 15.8 Å². The number of carbonyl (C=O) groups is 2. The maximum absolute atomic E-state index is 11.8. The maximum atomic E-state index is 11.8. The Kier molecular flexibility index (Phi) is 5.84. The predicted molar refractivity (Wildman–Crippen MR) is 88.8 cm³/mol. The summed E-state index contributed by atoms with van der Waals surface area (Å²) in [6.07, 6.45) is 0. The Morgan fingerprint density at radius 2 is 1.78 bits per heavy atom. The highest BCUT2D eigenvalue weighted by atomic mass is 35.5. The summed E-state index contributed by atoms with van der Waals surface area (Å²) >= 11 is 11.8. The molecule has 0 atom stereocenters. The number of halogens is 2. The van der Waals surface area contributed by atoms with E-state index in [1.54, 1.807) is 42.5 Å². The van der Waals surface area contributed by atoms with E-state index in [-0.39, 0.29) is 12.5 Å². The van der Waals surface area contributed by atoms with Crippen LogP contribution in [-0.2, 0) is 11.3 Å². The molecule has 7 heteroatoms. The number of hydrogen-bond acceptors (Lipinski definition) is 3. The van der Waals surface area contributed by atoms with E-state index in [0.717, 1.165) is 5.56 Å². The molecule has 0 bridgehead atoms. The first-order chi connectivity index (χ1) is 11.0. The molecular formula is C16H14Cl2N2O3. The SMILES string of the molecule is NC(=O)c1ccc(CNC(=O)COc2cc(Cl)ccc2Cl)cc1. The molecule has 0 aliphatic rings.